The van der Waals surface area contributed by atoms with Crippen molar-refractivity contribution in [3.63, 3.8) is 0 Å². The summed E-state index contributed by atoms with van der Waals surface area (Å²) in [5, 5.41) is 2.63. The molecule has 0 aromatic heterocycles. The van der Waals surface area contributed by atoms with Gasteiger partial charge in [0.25, 0.3) is 0 Å². The number of ether oxygens (including phenoxy) is 3. The first-order chi connectivity index (χ1) is 12.9. The minimum Gasteiger partial charge on any atom is -0.497 e. The average molecular weight is 378 g/mol. The molecular formula is C19H26N2O6. The van der Waals surface area contributed by atoms with Crippen molar-refractivity contribution in [1.29, 1.82) is 0 Å². The Morgan fingerprint density at radius 1 is 1.11 bits per heavy atom. The molecule has 0 spiro atoms. The van der Waals surface area contributed by atoms with Gasteiger partial charge in [0.15, 0.2) is 0 Å². The number of benzene rings is 1. The van der Waals surface area contributed by atoms with Gasteiger partial charge in [0.1, 0.15) is 11.5 Å². The van der Waals surface area contributed by atoms with Crippen LogP contribution >= 0.6 is 0 Å². The Hall–Kier alpha value is -3.03. The zero-order valence-corrected chi connectivity index (χ0v) is 16.1. The lowest BCUT2D eigenvalue weighted by molar-refractivity contribution is -0.141. The number of esters is 1. The van der Waals surface area contributed by atoms with Crippen molar-refractivity contribution >= 4 is 23.9 Å². The molecule has 1 N–H and O–H groups in total. The van der Waals surface area contributed by atoms with E-state index >= 15 is 0 Å². The van der Waals surface area contributed by atoms with Gasteiger partial charge in [0.05, 0.1) is 27.8 Å². The highest BCUT2D eigenvalue weighted by atomic mass is 16.5. The van der Waals surface area contributed by atoms with Gasteiger partial charge in [-0.3, -0.25) is 14.4 Å². The molecule has 8 nitrogen and oxygen atoms in total. The number of hydrogen-bond acceptors (Lipinski definition) is 6. The number of nitrogens with zero attached hydrogens (tertiary/aromatic N) is 1. The fraction of sp³-hybridized carbons (Fsp3) is 0.421. The maximum absolute atomic E-state index is 12.5. The second-order valence-electron chi connectivity index (χ2n) is 5.58. The SMILES string of the molecule is COC(=O)CCN(CCNC(C)=O)C(=O)/C=C/c1cc(OC)ccc1OC. The fourth-order valence-electron chi connectivity index (χ4n) is 2.26. The standard InChI is InChI=1S/C19H26N2O6/c1-14(22)20-10-12-21(11-9-19(24)27-4)18(23)8-5-15-13-16(25-2)6-7-17(15)26-3/h5-8,13H,9-12H2,1-4H3,(H,20,22)/b8-5+. The van der Waals surface area contributed by atoms with Crippen molar-refractivity contribution in [3.8, 4) is 11.5 Å². The highest BCUT2D eigenvalue weighted by molar-refractivity contribution is 5.92. The van der Waals surface area contributed by atoms with Gasteiger partial charge in [0, 0.05) is 38.2 Å². The third-order valence-corrected chi connectivity index (χ3v) is 3.72. The van der Waals surface area contributed by atoms with Gasteiger partial charge in [-0.2, -0.15) is 0 Å². The molecule has 0 aliphatic heterocycles. The first-order valence-electron chi connectivity index (χ1n) is 8.41. The zero-order chi connectivity index (χ0) is 20.2. The predicted octanol–water partition coefficient (Wildman–Crippen LogP) is 1.24. The summed E-state index contributed by atoms with van der Waals surface area (Å²) < 4.78 is 15.1. The Kier molecular flexibility index (Phi) is 9.42. The molecule has 0 radical (unpaired) electrons. The van der Waals surface area contributed by atoms with Crippen LogP contribution in [0.5, 0.6) is 11.5 Å². The molecule has 0 bridgehead atoms. The summed E-state index contributed by atoms with van der Waals surface area (Å²) in [4.78, 5) is 36.4. The predicted molar refractivity (Wildman–Crippen MR) is 100 cm³/mol. The Morgan fingerprint density at radius 3 is 2.44 bits per heavy atom. The first-order valence-corrected chi connectivity index (χ1v) is 8.41. The van der Waals surface area contributed by atoms with Gasteiger partial charge in [-0.25, -0.2) is 0 Å². The molecule has 0 saturated heterocycles. The van der Waals surface area contributed by atoms with E-state index in [4.69, 9.17) is 9.47 Å². The van der Waals surface area contributed by atoms with Crippen LogP contribution in [-0.4, -0.2) is 63.6 Å². The van der Waals surface area contributed by atoms with Gasteiger partial charge in [-0.1, -0.05) is 0 Å². The van der Waals surface area contributed by atoms with Crippen LogP contribution in [0.25, 0.3) is 6.08 Å². The highest BCUT2D eigenvalue weighted by Gasteiger charge is 2.13. The van der Waals surface area contributed by atoms with Crippen LogP contribution < -0.4 is 14.8 Å². The number of hydrogen-bond donors (Lipinski definition) is 1. The molecule has 1 rings (SSSR count). The molecule has 148 valence electrons. The van der Waals surface area contributed by atoms with Crippen molar-refractivity contribution < 1.29 is 28.6 Å². The minimum absolute atomic E-state index is 0.0681. The van der Waals surface area contributed by atoms with Crippen molar-refractivity contribution in [2.45, 2.75) is 13.3 Å². The lowest BCUT2D eigenvalue weighted by atomic mass is 10.1. The molecule has 1 aromatic rings. The highest BCUT2D eigenvalue weighted by Crippen LogP contribution is 2.25. The van der Waals surface area contributed by atoms with Crippen LogP contribution in [0.3, 0.4) is 0 Å². The lowest BCUT2D eigenvalue weighted by Crippen LogP contribution is -2.38. The van der Waals surface area contributed by atoms with Gasteiger partial charge < -0.3 is 24.4 Å². The van der Waals surface area contributed by atoms with E-state index in [9.17, 15) is 14.4 Å². The zero-order valence-electron chi connectivity index (χ0n) is 16.1. The molecule has 0 aliphatic rings. The Morgan fingerprint density at radius 2 is 1.85 bits per heavy atom. The summed E-state index contributed by atoms with van der Waals surface area (Å²) in [6.07, 6.45) is 3.08. The Bertz CT molecular complexity index is 687. The van der Waals surface area contributed by atoms with E-state index in [1.165, 1.54) is 32.1 Å². The van der Waals surface area contributed by atoms with Crippen LogP contribution in [0, 0.1) is 0 Å². The molecule has 1 aromatic carbocycles. The summed E-state index contributed by atoms with van der Waals surface area (Å²) in [5.74, 6) is 0.335. The molecule has 2 amide bonds. The maximum Gasteiger partial charge on any atom is 0.307 e. The van der Waals surface area contributed by atoms with Gasteiger partial charge in [0.2, 0.25) is 11.8 Å². The van der Waals surface area contributed by atoms with Crippen LogP contribution in [0.2, 0.25) is 0 Å². The normalized spacial score (nSPS) is 10.4. The monoisotopic (exact) mass is 378 g/mol. The summed E-state index contributed by atoms with van der Waals surface area (Å²) in [6.45, 7) is 2.15. The summed E-state index contributed by atoms with van der Waals surface area (Å²) in [6, 6.07) is 5.25. The third-order valence-electron chi connectivity index (χ3n) is 3.72. The minimum atomic E-state index is -0.411. The second kappa shape index (κ2) is 11.6. The number of amides is 2. The van der Waals surface area contributed by atoms with E-state index in [-0.39, 0.29) is 31.3 Å². The van der Waals surface area contributed by atoms with Crippen LogP contribution in [-0.2, 0) is 19.1 Å². The van der Waals surface area contributed by atoms with Crippen LogP contribution in [0.1, 0.15) is 18.9 Å². The summed E-state index contributed by atoms with van der Waals surface area (Å²) in [5.41, 5.74) is 0.681. The summed E-state index contributed by atoms with van der Waals surface area (Å²) in [7, 11) is 4.38. The van der Waals surface area contributed by atoms with E-state index in [0.717, 1.165) is 0 Å². The molecular weight excluding hydrogens is 352 g/mol. The van der Waals surface area contributed by atoms with Crippen molar-refractivity contribution in [2.24, 2.45) is 0 Å². The van der Waals surface area contributed by atoms with E-state index in [1.54, 1.807) is 31.4 Å². The molecule has 0 saturated carbocycles. The smallest absolute Gasteiger partial charge is 0.307 e. The third kappa shape index (κ3) is 7.81. The van der Waals surface area contributed by atoms with E-state index in [2.05, 4.69) is 10.1 Å². The van der Waals surface area contributed by atoms with Crippen molar-refractivity contribution in [3.05, 3.63) is 29.8 Å². The first kappa shape index (κ1) is 22.0. The van der Waals surface area contributed by atoms with Crippen LogP contribution in [0.4, 0.5) is 0 Å². The average Bonchev–Trinajstić information content (AvgIpc) is 2.67. The van der Waals surface area contributed by atoms with E-state index in [0.29, 0.717) is 23.6 Å². The summed E-state index contributed by atoms with van der Waals surface area (Å²) >= 11 is 0. The number of carbonyl (C=O) groups excluding carboxylic acids is 3. The second-order valence-corrected chi connectivity index (χ2v) is 5.58. The Labute approximate surface area is 159 Å². The molecule has 0 unspecified atom stereocenters. The molecule has 0 fully saturated rings. The van der Waals surface area contributed by atoms with Gasteiger partial charge in [-0.15, -0.1) is 0 Å². The van der Waals surface area contributed by atoms with Gasteiger partial charge in [-0.05, 0) is 24.3 Å². The fourth-order valence-corrected chi connectivity index (χ4v) is 2.26. The number of rotatable bonds is 10. The van der Waals surface area contributed by atoms with Gasteiger partial charge >= 0.3 is 5.97 Å². The molecule has 0 atom stereocenters. The Balaban J connectivity index is 2.88. The number of nitrogens with one attached hydrogen (secondary N) is 1. The number of carbonyl (C=O) groups is 3. The largest absolute Gasteiger partial charge is 0.497 e. The quantitative estimate of drug-likeness (QED) is 0.486. The molecule has 8 heteroatoms. The van der Waals surface area contributed by atoms with Crippen LogP contribution in [0.15, 0.2) is 24.3 Å². The topological polar surface area (TPSA) is 94.2 Å². The van der Waals surface area contributed by atoms with E-state index in [1.807, 2.05) is 0 Å². The molecule has 27 heavy (non-hydrogen) atoms. The number of methoxy groups -OCH3 is 3. The molecule has 0 heterocycles. The van der Waals surface area contributed by atoms with E-state index < -0.39 is 5.97 Å². The molecule has 0 aliphatic carbocycles. The lowest BCUT2D eigenvalue weighted by Gasteiger charge is -2.21. The van der Waals surface area contributed by atoms with Crippen molar-refractivity contribution in [1.82, 2.24) is 10.2 Å². The van der Waals surface area contributed by atoms with Crippen molar-refractivity contribution in [2.75, 3.05) is 41.0 Å². The maximum atomic E-state index is 12.5.